The summed E-state index contributed by atoms with van der Waals surface area (Å²) in [6.45, 7) is 1.18. The minimum Gasteiger partial charge on any atom is -0.303 e. The summed E-state index contributed by atoms with van der Waals surface area (Å²) in [7, 11) is 2.18. The average molecular weight is 125 g/mol. The number of nitrogens with one attached hydrogen (secondary N) is 1. The van der Waals surface area contributed by atoms with Crippen LogP contribution in [-0.4, -0.2) is 30.6 Å². The van der Waals surface area contributed by atoms with Crippen molar-refractivity contribution in [2.45, 2.75) is 24.9 Å². The highest BCUT2D eigenvalue weighted by Gasteiger charge is 2.41. The van der Waals surface area contributed by atoms with Gasteiger partial charge in [0.25, 0.3) is 0 Å². The van der Waals surface area contributed by atoms with Crippen molar-refractivity contribution in [1.82, 2.24) is 10.6 Å². The maximum absolute atomic E-state index is 7.58. The second-order valence-electron chi connectivity index (χ2n) is 3.43. The Morgan fingerprint density at radius 1 is 1.44 bits per heavy atom. The Labute approximate surface area is 56.0 Å². The molecule has 9 heavy (non-hydrogen) atoms. The van der Waals surface area contributed by atoms with Gasteiger partial charge in [0.1, 0.15) is 0 Å². The van der Waals surface area contributed by atoms with Crippen LogP contribution >= 0.6 is 0 Å². The van der Waals surface area contributed by atoms with E-state index >= 15 is 0 Å². The molecule has 51 valence electrons. The molecule has 2 aliphatic rings. The van der Waals surface area contributed by atoms with Gasteiger partial charge in [-0.15, -0.1) is 0 Å². The lowest BCUT2D eigenvalue weighted by molar-refractivity contribution is 0.241. The highest BCUT2D eigenvalue weighted by atomic mass is 15.2. The molecule has 3 unspecified atom stereocenters. The van der Waals surface area contributed by atoms with Crippen LogP contribution in [0.25, 0.3) is 0 Å². The Hall–Kier alpha value is -0.0800. The topological polar surface area (TPSA) is 27.0 Å². The third-order valence-corrected chi connectivity index (χ3v) is 2.82. The molecule has 0 amide bonds. The Balaban J connectivity index is 2.10. The fourth-order valence-corrected chi connectivity index (χ4v) is 2.18. The largest absolute Gasteiger partial charge is 0.303 e. The zero-order valence-corrected chi connectivity index (χ0v) is 5.80. The first kappa shape index (κ1) is 5.69. The molecule has 2 bridgehead atoms. The van der Waals surface area contributed by atoms with E-state index in [-0.39, 0.29) is 6.04 Å². The fraction of sp³-hybridized carbons (Fsp3) is 1.00. The van der Waals surface area contributed by atoms with Crippen LogP contribution in [-0.2, 0) is 0 Å². The molecule has 2 rings (SSSR count). The minimum absolute atomic E-state index is 0.270. The van der Waals surface area contributed by atoms with Gasteiger partial charge in [0.05, 0.1) is 0 Å². The average Bonchev–Trinajstić information content (AvgIpc) is 2.24. The van der Waals surface area contributed by atoms with Crippen LogP contribution in [0.2, 0.25) is 0 Å². The molecule has 0 aromatic rings. The van der Waals surface area contributed by atoms with Crippen molar-refractivity contribution in [2.24, 2.45) is 5.92 Å². The van der Waals surface area contributed by atoms with E-state index in [4.69, 9.17) is 5.73 Å². The molecule has 2 fully saturated rings. The van der Waals surface area contributed by atoms with Crippen molar-refractivity contribution in [3.8, 4) is 0 Å². The molecule has 2 heteroatoms. The molecule has 1 aliphatic heterocycles. The van der Waals surface area contributed by atoms with Crippen molar-refractivity contribution in [1.29, 1.82) is 0 Å². The zero-order chi connectivity index (χ0) is 6.43. The van der Waals surface area contributed by atoms with E-state index in [1.165, 1.54) is 13.0 Å². The van der Waals surface area contributed by atoms with Crippen LogP contribution in [0.15, 0.2) is 0 Å². The second-order valence-corrected chi connectivity index (χ2v) is 3.43. The Morgan fingerprint density at radius 2 is 2.22 bits per heavy atom. The molecule has 1 radical (unpaired) electrons. The van der Waals surface area contributed by atoms with Gasteiger partial charge in [0.2, 0.25) is 0 Å². The maximum Gasteiger partial charge on any atom is 0.0268 e. The van der Waals surface area contributed by atoms with E-state index in [9.17, 15) is 0 Å². The summed E-state index contributed by atoms with van der Waals surface area (Å²) in [5, 5.41) is 0. The Morgan fingerprint density at radius 3 is 2.56 bits per heavy atom. The van der Waals surface area contributed by atoms with Crippen molar-refractivity contribution in [3.63, 3.8) is 0 Å². The fourth-order valence-electron chi connectivity index (χ4n) is 2.18. The number of piperidine rings is 1. The summed E-state index contributed by atoms with van der Waals surface area (Å²) in [6, 6.07) is 1.03. The normalized spacial score (nSPS) is 50.7. The van der Waals surface area contributed by atoms with Crippen molar-refractivity contribution >= 4 is 0 Å². The number of hydrogen-bond acceptors (Lipinski definition) is 1. The van der Waals surface area contributed by atoms with Gasteiger partial charge in [-0.3, -0.25) is 5.73 Å². The van der Waals surface area contributed by atoms with Crippen LogP contribution in [0, 0.1) is 5.92 Å². The summed E-state index contributed by atoms with van der Waals surface area (Å²) in [6.07, 6.45) is 2.42. The van der Waals surface area contributed by atoms with Crippen molar-refractivity contribution < 1.29 is 0 Å². The molecule has 0 aromatic heterocycles. The predicted octanol–water partition coefficient (Wildman–Crippen LogP) is 0.362. The van der Waals surface area contributed by atoms with Gasteiger partial charge in [0.15, 0.2) is 0 Å². The number of nitrogens with zero attached hydrogens (tertiary/aromatic N) is 1. The van der Waals surface area contributed by atoms with Crippen LogP contribution in [0.4, 0.5) is 0 Å². The van der Waals surface area contributed by atoms with E-state index in [0.29, 0.717) is 5.92 Å². The number of rotatable bonds is 0. The Kier molecular flexibility index (Phi) is 1.08. The van der Waals surface area contributed by atoms with E-state index in [2.05, 4.69) is 11.9 Å². The van der Waals surface area contributed by atoms with E-state index in [1.54, 1.807) is 0 Å². The first-order valence-corrected chi connectivity index (χ1v) is 3.68. The predicted molar refractivity (Wildman–Crippen MR) is 36.0 cm³/mol. The molecule has 0 spiro atoms. The molecule has 1 aliphatic carbocycles. The van der Waals surface area contributed by atoms with Crippen LogP contribution in [0.5, 0.6) is 0 Å². The van der Waals surface area contributed by atoms with Crippen LogP contribution in [0.3, 0.4) is 0 Å². The molecular weight excluding hydrogens is 112 g/mol. The van der Waals surface area contributed by atoms with E-state index < -0.39 is 0 Å². The summed E-state index contributed by atoms with van der Waals surface area (Å²) in [5.41, 5.74) is 7.58. The SMILES string of the molecule is CN1CC2CC1CC2[NH]. The lowest BCUT2D eigenvalue weighted by Crippen LogP contribution is -2.34. The van der Waals surface area contributed by atoms with Crippen molar-refractivity contribution in [2.75, 3.05) is 13.6 Å². The molecule has 1 saturated heterocycles. The first-order valence-electron chi connectivity index (χ1n) is 3.68. The van der Waals surface area contributed by atoms with Gasteiger partial charge < -0.3 is 4.90 Å². The number of fused-ring (bicyclic) bond motifs is 2. The van der Waals surface area contributed by atoms with Crippen molar-refractivity contribution in [3.05, 3.63) is 0 Å². The van der Waals surface area contributed by atoms with Crippen LogP contribution < -0.4 is 5.73 Å². The second kappa shape index (κ2) is 1.70. The summed E-state index contributed by atoms with van der Waals surface area (Å²) < 4.78 is 0. The smallest absolute Gasteiger partial charge is 0.0268 e. The van der Waals surface area contributed by atoms with E-state index in [0.717, 1.165) is 12.5 Å². The molecule has 0 aromatic carbocycles. The number of hydrogen-bond donors (Lipinski definition) is 0. The minimum atomic E-state index is 0.270. The molecule has 3 atom stereocenters. The number of likely N-dealkylation sites (tertiary alicyclic amines) is 1. The maximum atomic E-state index is 7.58. The van der Waals surface area contributed by atoms with Gasteiger partial charge >= 0.3 is 0 Å². The third-order valence-electron chi connectivity index (χ3n) is 2.82. The monoisotopic (exact) mass is 125 g/mol. The molecule has 1 heterocycles. The molecule has 1 saturated carbocycles. The van der Waals surface area contributed by atoms with Gasteiger partial charge in [0, 0.05) is 18.6 Å². The van der Waals surface area contributed by atoms with E-state index in [1.807, 2.05) is 0 Å². The standard InChI is InChI=1S/C7H13N2/c1-9-4-5-2-6(9)3-7(5)8/h5-8H,2-4H2,1H3. The van der Waals surface area contributed by atoms with Gasteiger partial charge in [-0.2, -0.15) is 0 Å². The molecular formula is C7H13N2. The third kappa shape index (κ3) is 0.700. The summed E-state index contributed by atoms with van der Waals surface area (Å²) in [4.78, 5) is 2.40. The molecule has 2 nitrogen and oxygen atoms in total. The van der Waals surface area contributed by atoms with Gasteiger partial charge in [-0.05, 0) is 25.8 Å². The highest BCUT2D eigenvalue weighted by Crippen LogP contribution is 2.35. The quantitative estimate of drug-likeness (QED) is 0.459. The van der Waals surface area contributed by atoms with Crippen LogP contribution in [0.1, 0.15) is 12.8 Å². The summed E-state index contributed by atoms with van der Waals surface area (Å²) >= 11 is 0. The van der Waals surface area contributed by atoms with Gasteiger partial charge in [-0.25, -0.2) is 0 Å². The Bertz CT molecular complexity index is 106. The highest BCUT2D eigenvalue weighted by molar-refractivity contribution is 4.97. The van der Waals surface area contributed by atoms with Gasteiger partial charge in [-0.1, -0.05) is 0 Å². The molecule has 1 N–H and O–H groups in total. The lowest BCUT2D eigenvalue weighted by atomic mass is 10.1. The lowest BCUT2D eigenvalue weighted by Gasteiger charge is -2.24. The summed E-state index contributed by atoms with van der Waals surface area (Å²) in [5.74, 6) is 0.708. The zero-order valence-electron chi connectivity index (χ0n) is 5.80. The first-order chi connectivity index (χ1) is 4.27.